The van der Waals surface area contributed by atoms with E-state index in [0.29, 0.717) is 6.54 Å². The standard InChI is InChI=1S/C14H21FN2O2S2/c1-20-14(5-3-2-4-6-14)10-17-21(18,19)13-8-11(15)7-12(16)9-13/h7-9,17H,2-6,10,16H2,1H3. The summed E-state index contributed by atoms with van der Waals surface area (Å²) in [5.41, 5.74) is 5.62. The molecule has 0 spiro atoms. The van der Waals surface area contributed by atoms with E-state index in [-0.39, 0.29) is 15.3 Å². The number of rotatable bonds is 5. The lowest BCUT2D eigenvalue weighted by Crippen LogP contribution is -2.41. The van der Waals surface area contributed by atoms with Gasteiger partial charge in [0.1, 0.15) is 5.82 Å². The van der Waals surface area contributed by atoms with Crippen LogP contribution in [0.1, 0.15) is 32.1 Å². The number of nitrogens with two attached hydrogens (primary N) is 1. The van der Waals surface area contributed by atoms with E-state index in [9.17, 15) is 12.8 Å². The van der Waals surface area contributed by atoms with Crippen molar-refractivity contribution in [2.24, 2.45) is 0 Å². The van der Waals surface area contributed by atoms with Gasteiger partial charge >= 0.3 is 0 Å². The number of hydrogen-bond donors (Lipinski definition) is 2. The molecule has 7 heteroatoms. The van der Waals surface area contributed by atoms with Crippen molar-refractivity contribution in [2.45, 2.75) is 41.7 Å². The van der Waals surface area contributed by atoms with E-state index in [1.54, 1.807) is 11.8 Å². The van der Waals surface area contributed by atoms with E-state index in [4.69, 9.17) is 5.73 Å². The van der Waals surface area contributed by atoms with E-state index in [2.05, 4.69) is 4.72 Å². The zero-order valence-corrected chi connectivity index (χ0v) is 13.7. The highest BCUT2D eigenvalue weighted by atomic mass is 32.2. The molecule has 21 heavy (non-hydrogen) atoms. The lowest BCUT2D eigenvalue weighted by molar-refractivity contribution is 0.395. The van der Waals surface area contributed by atoms with Gasteiger partial charge in [0, 0.05) is 17.0 Å². The summed E-state index contributed by atoms with van der Waals surface area (Å²) in [6, 6.07) is 3.37. The second-order valence-corrected chi connectivity index (χ2v) is 8.53. The number of halogens is 1. The molecule has 2 rings (SSSR count). The van der Waals surface area contributed by atoms with Crippen LogP contribution in [0.15, 0.2) is 23.1 Å². The molecular formula is C14H21FN2O2S2. The van der Waals surface area contributed by atoms with Gasteiger partial charge in [0.2, 0.25) is 10.0 Å². The normalized spacial score (nSPS) is 18.6. The van der Waals surface area contributed by atoms with Gasteiger partial charge in [-0.3, -0.25) is 0 Å². The van der Waals surface area contributed by atoms with E-state index >= 15 is 0 Å². The molecule has 1 aromatic carbocycles. The number of benzene rings is 1. The predicted octanol–water partition coefficient (Wildman–Crippen LogP) is 2.75. The largest absolute Gasteiger partial charge is 0.399 e. The smallest absolute Gasteiger partial charge is 0.240 e. The molecule has 0 heterocycles. The number of hydrogen-bond acceptors (Lipinski definition) is 4. The highest BCUT2D eigenvalue weighted by Gasteiger charge is 2.32. The molecule has 1 fully saturated rings. The van der Waals surface area contributed by atoms with Crippen molar-refractivity contribution in [2.75, 3.05) is 18.5 Å². The SMILES string of the molecule is CSC1(CNS(=O)(=O)c2cc(N)cc(F)c2)CCCCC1. The Kier molecular flexibility index (Phi) is 5.16. The topological polar surface area (TPSA) is 72.2 Å². The number of nitrogens with one attached hydrogen (secondary N) is 1. The fourth-order valence-electron chi connectivity index (χ4n) is 2.70. The maximum Gasteiger partial charge on any atom is 0.240 e. The number of thioether (sulfide) groups is 1. The van der Waals surface area contributed by atoms with Crippen LogP contribution in [-0.4, -0.2) is 26.0 Å². The van der Waals surface area contributed by atoms with Gasteiger partial charge in [-0.15, -0.1) is 0 Å². The third-order valence-electron chi connectivity index (χ3n) is 3.99. The second-order valence-electron chi connectivity index (χ2n) is 5.49. The maximum atomic E-state index is 13.3. The monoisotopic (exact) mass is 332 g/mol. The summed E-state index contributed by atoms with van der Waals surface area (Å²) in [5, 5.41) is 0. The summed E-state index contributed by atoms with van der Waals surface area (Å²) in [6.07, 6.45) is 7.46. The van der Waals surface area contributed by atoms with Gasteiger partial charge in [-0.05, 0) is 37.3 Å². The lowest BCUT2D eigenvalue weighted by atomic mass is 9.88. The van der Waals surface area contributed by atoms with Crippen LogP contribution in [0.5, 0.6) is 0 Å². The summed E-state index contributed by atoms with van der Waals surface area (Å²) in [5.74, 6) is -0.646. The average Bonchev–Trinajstić information content (AvgIpc) is 2.45. The number of nitrogen functional groups attached to an aromatic ring is 1. The summed E-state index contributed by atoms with van der Waals surface area (Å²) >= 11 is 1.71. The summed E-state index contributed by atoms with van der Waals surface area (Å²) < 4.78 is 40.5. The molecule has 0 saturated heterocycles. The van der Waals surface area contributed by atoms with Crippen LogP contribution in [0.3, 0.4) is 0 Å². The predicted molar refractivity (Wildman–Crippen MR) is 85.3 cm³/mol. The van der Waals surface area contributed by atoms with Crippen molar-refractivity contribution in [1.82, 2.24) is 4.72 Å². The van der Waals surface area contributed by atoms with Crippen molar-refractivity contribution in [3.8, 4) is 0 Å². The van der Waals surface area contributed by atoms with Crippen molar-refractivity contribution >= 4 is 27.5 Å². The van der Waals surface area contributed by atoms with Crippen LogP contribution in [0.4, 0.5) is 10.1 Å². The Morgan fingerprint density at radius 2 is 1.95 bits per heavy atom. The molecule has 1 saturated carbocycles. The van der Waals surface area contributed by atoms with Crippen LogP contribution in [-0.2, 0) is 10.0 Å². The minimum absolute atomic E-state index is 0.0514. The molecule has 0 aromatic heterocycles. The van der Waals surface area contributed by atoms with Crippen LogP contribution in [0.25, 0.3) is 0 Å². The second kappa shape index (κ2) is 6.54. The Labute approximate surface area is 129 Å². The van der Waals surface area contributed by atoms with Crippen LogP contribution in [0.2, 0.25) is 0 Å². The third kappa shape index (κ3) is 4.11. The van der Waals surface area contributed by atoms with E-state index in [0.717, 1.165) is 37.8 Å². The highest BCUT2D eigenvalue weighted by Crippen LogP contribution is 2.38. The molecule has 0 unspecified atom stereocenters. The lowest BCUT2D eigenvalue weighted by Gasteiger charge is -2.35. The fraction of sp³-hybridized carbons (Fsp3) is 0.571. The zero-order valence-electron chi connectivity index (χ0n) is 12.1. The first-order chi connectivity index (χ1) is 9.87. The van der Waals surface area contributed by atoms with E-state index < -0.39 is 15.8 Å². The van der Waals surface area contributed by atoms with Gasteiger partial charge < -0.3 is 5.73 Å². The Morgan fingerprint density at radius 1 is 1.29 bits per heavy atom. The molecule has 118 valence electrons. The minimum atomic E-state index is -3.74. The van der Waals surface area contributed by atoms with Crippen molar-refractivity contribution in [1.29, 1.82) is 0 Å². The van der Waals surface area contributed by atoms with E-state index in [1.165, 1.54) is 12.5 Å². The Hall–Kier alpha value is -0.790. The molecule has 4 nitrogen and oxygen atoms in total. The maximum absolute atomic E-state index is 13.3. The van der Waals surface area contributed by atoms with Crippen molar-refractivity contribution in [3.05, 3.63) is 24.0 Å². The first-order valence-electron chi connectivity index (χ1n) is 6.98. The summed E-state index contributed by atoms with van der Waals surface area (Å²) in [7, 11) is -3.74. The molecule has 0 bridgehead atoms. The summed E-state index contributed by atoms with van der Waals surface area (Å²) in [6.45, 7) is 0.368. The molecule has 1 aliphatic rings. The average molecular weight is 332 g/mol. The highest BCUT2D eigenvalue weighted by molar-refractivity contribution is 8.00. The molecule has 1 aromatic rings. The van der Waals surface area contributed by atoms with Crippen molar-refractivity contribution in [3.63, 3.8) is 0 Å². The van der Waals surface area contributed by atoms with Gasteiger partial charge in [0.25, 0.3) is 0 Å². The third-order valence-corrected chi connectivity index (χ3v) is 6.79. The van der Waals surface area contributed by atoms with E-state index in [1.807, 2.05) is 6.26 Å². The first kappa shape index (κ1) is 16.6. The van der Waals surface area contributed by atoms with Crippen LogP contribution >= 0.6 is 11.8 Å². The van der Waals surface area contributed by atoms with Crippen LogP contribution in [0, 0.1) is 5.82 Å². The Balaban J connectivity index is 2.13. The summed E-state index contributed by atoms with van der Waals surface area (Å²) in [4.78, 5) is -0.118. The van der Waals surface area contributed by atoms with Gasteiger partial charge in [-0.1, -0.05) is 19.3 Å². The molecule has 3 N–H and O–H groups in total. The van der Waals surface area contributed by atoms with Gasteiger partial charge in [-0.25, -0.2) is 17.5 Å². The van der Waals surface area contributed by atoms with Crippen LogP contribution < -0.4 is 10.5 Å². The van der Waals surface area contributed by atoms with Gasteiger partial charge in [-0.2, -0.15) is 11.8 Å². The molecule has 0 aliphatic heterocycles. The fourth-order valence-corrected chi connectivity index (χ4v) is 4.90. The minimum Gasteiger partial charge on any atom is -0.399 e. The Bertz CT molecular complexity index is 579. The Morgan fingerprint density at radius 3 is 2.52 bits per heavy atom. The molecule has 0 atom stereocenters. The quantitative estimate of drug-likeness (QED) is 0.813. The molecular weight excluding hydrogens is 311 g/mol. The molecule has 0 amide bonds. The molecule has 1 aliphatic carbocycles. The molecule has 0 radical (unpaired) electrons. The van der Waals surface area contributed by atoms with Gasteiger partial charge in [0.05, 0.1) is 4.90 Å². The first-order valence-corrected chi connectivity index (χ1v) is 9.69. The van der Waals surface area contributed by atoms with Crippen molar-refractivity contribution < 1.29 is 12.8 Å². The van der Waals surface area contributed by atoms with Gasteiger partial charge in [0.15, 0.2) is 0 Å². The zero-order chi connectivity index (χ0) is 15.5. The number of sulfonamides is 1. The number of anilines is 1.